The number of halogens is 1. The van der Waals surface area contributed by atoms with Crippen LogP contribution in [0.3, 0.4) is 0 Å². The van der Waals surface area contributed by atoms with Crippen LogP contribution in [0.1, 0.15) is 10.4 Å². The summed E-state index contributed by atoms with van der Waals surface area (Å²) in [5, 5.41) is 8.28. The van der Waals surface area contributed by atoms with Gasteiger partial charge >= 0.3 is 0 Å². The molecule has 6 nitrogen and oxygen atoms in total. The Labute approximate surface area is 201 Å². The van der Waals surface area contributed by atoms with Gasteiger partial charge in [0, 0.05) is 11.2 Å². The zero-order valence-electron chi connectivity index (χ0n) is 16.9. The molecule has 0 saturated carbocycles. The van der Waals surface area contributed by atoms with Crippen molar-refractivity contribution in [2.24, 2.45) is 0 Å². The Morgan fingerprint density at radius 3 is 2.30 bits per heavy atom. The molecule has 0 fully saturated rings. The molecule has 0 saturated heterocycles. The fraction of sp³-hybridized carbons (Fsp3) is 0.0417. The maximum absolute atomic E-state index is 13.4. The number of ketones is 1. The average molecular weight is 491 g/mol. The van der Waals surface area contributed by atoms with Crippen LogP contribution >= 0.6 is 34.3 Å². The second-order valence-corrected chi connectivity index (χ2v) is 9.83. The van der Waals surface area contributed by atoms with E-state index < -0.39 is 6.23 Å². The molecule has 9 heteroatoms. The number of fused-ring (bicyclic) bond motifs is 3. The number of thiazole rings is 2. The first-order chi connectivity index (χ1) is 16.1. The number of benzene rings is 3. The van der Waals surface area contributed by atoms with Crippen molar-refractivity contribution in [1.29, 1.82) is 0 Å². The van der Waals surface area contributed by atoms with Crippen molar-refractivity contribution in [2.45, 2.75) is 6.23 Å². The fourth-order valence-corrected chi connectivity index (χ4v) is 5.51. The lowest BCUT2D eigenvalue weighted by molar-refractivity contribution is 0.0973. The summed E-state index contributed by atoms with van der Waals surface area (Å²) in [7, 11) is 0. The number of hydrogen-bond donors (Lipinski definition) is 2. The largest absolute Gasteiger partial charge is 0.465 e. The number of rotatable bonds is 4. The fourth-order valence-electron chi connectivity index (χ4n) is 3.62. The second kappa shape index (κ2) is 8.15. The molecule has 2 aromatic heterocycles. The smallest absolute Gasteiger partial charge is 0.203 e. The lowest BCUT2D eigenvalue weighted by atomic mass is 9.99. The first kappa shape index (κ1) is 20.2. The number of nitrogens with one attached hydrogen (secondary N) is 2. The van der Waals surface area contributed by atoms with Crippen molar-refractivity contribution < 1.29 is 9.53 Å². The van der Waals surface area contributed by atoms with Gasteiger partial charge in [0.1, 0.15) is 5.75 Å². The summed E-state index contributed by atoms with van der Waals surface area (Å²) >= 11 is 9.16. The van der Waals surface area contributed by atoms with E-state index in [-0.39, 0.29) is 5.78 Å². The van der Waals surface area contributed by atoms with Crippen molar-refractivity contribution >= 4 is 70.8 Å². The van der Waals surface area contributed by atoms with Gasteiger partial charge in [-0.1, -0.05) is 58.5 Å². The Bertz CT molecular complexity index is 1490. The molecule has 3 aromatic carbocycles. The molecular weight excluding hydrogens is 476 g/mol. The third-order valence-electron chi connectivity index (χ3n) is 5.17. The van der Waals surface area contributed by atoms with E-state index in [0.29, 0.717) is 32.2 Å². The van der Waals surface area contributed by atoms with Crippen molar-refractivity contribution in [3.05, 3.63) is 89.1 Å². The van der Waals surface area contributed by atoms with Crippen LogP contribution in [0.4, 0.5) is 10.3 Å². The number of carbonyl (C=O) groups is 1. The van der Waals surface area contributed by atoms with Crippen LogP contribution in [0.2, 0.25) is 5.02 Å². The number of nitrogens with zero attached hydrogens (tertiary/aromatic N) is 2. The van der Waals surface area contributed by atoms with E-state index in [0.717, 1.165) is 20.4 Å². The first-order valence-corrected chi connectivity index (χ1v) is 12.1. The Morgan fingerprint density at radius 1 is 0.909 bits per heavy atom. The molecule has 0 radical (unpaired) electrons. The van der Waals surface area contributed by atoms with E-state index in [2.05, 4.69) is 20.6 Å². The van der Waals surface area contributed by atoms with E-state index in [1.54, 1.807) is 24.4 Å². The van der Waals surface area contributed by atoms with Gasteiger partial charge in [0.25, 0.3) is 0 Å². The Kier molecular flexibility index (Phi) is 4.98. The van der Waals surface area contributed by atoms with Crippen LogP contribution in [-0.2, 0) is 0 Å². The van der Waals surface area contributed by atoms with Gasteiger partial charge < -0.3 is 15.4 Å². The molecule has 1 atom stereocenters. The number of para-hydroxylation sites is 2. The number of ether oxygens (including phenoxy) is 1. The van der Waals surface area contributed by atoms with E-state index in [4.69, 9.17) is 16.3 Å². The average Bonchev–Trinajstić information content (AvgIpc) is 3.42. The van der Waals surface area contributed by atoms with Crippen LogP contribution in [0, 0.1) is 0 Å². The van der Waals surface area contributed by atoms with Crippen LogP contribution in [0.5, 0.6) is 5.75 Å². The monoisotopic (exact) mass is 490 g/mol. The maximum atomic E-state index is 13.4. The van der Waals surface area contributed by atoms with E-state index >= 15 is 0 Å². The Hall–Kier alpha value is -3.46. The predicted octanol–water partition coefficient (Wildman–Crippen LogP) is 6.57. The topological polar surface area (TPSA) is 76.1 Å². The van der Waals surface area contributed by atoms with E-state index in [9.17, 15) is 4.79 Å². The van der Waals surface area contributed by atoms with Crippen molar-refractivity contribution in [3.63, 3.8) is 0 Å². The number of Topliss-reactive ketones (excluding diaryl/α,β-unsaturated/α-hetero) is 1. The maximum Gasteiger partial charge on any atom is 0.203 e. The van der Waals surface area contributed by atoms with Gasteiger partial charge in [-0.25, -0.2) is 9.97 Å². The lowest BCUT2D eigenvalue weighted by Gasteiger charge is -2.28. The molecule has 0 spiro atoms. The molecule has 33 heavy (non-hydrogen) atoms. The molecule has 5 aromatic rings. The summed E-state index contributed by atoms with van der Waals surface area (Å²) in [5.74, 6) is 0.297. The molecule has 0 amide bonds. The summed E-state index contributed by atoms with van der Waals surface area (Å²) < 4.78 is 8.28. The highest BCUT2D eigenvalue weighted by molar-refractivity contribution is 7.22. The SMILES string of the molecule is O=C1/C(=C/Nc2nc3ccccc3s2)[C@@H](Nc2nc3ccccc3s2)Oc2ccc(Cl)cc21. The highest BCUT2D eigenvalue weighted by Crippen LogP contribution is 2.35. The minimum Gasteiger partial charge on any atom is -0.465 e. The predicted molar refractivity (Wildman–Crippen MR) is 135 cm³/mol. The minimum absolute atomic E-state index is 0.175. The summed E-state index contributed by atoms with van der Waals surface area (Å²) in [6.45, 7) is 0. The lowest BCUT2D eigenvalue weighted by Crippen LogP contribution is -2.37. The number of anilines is 2. The third-order valence-corrected chi connectivity index (χ3v) is 7.34. The number of hydrogen-bond acceptors (Lipinski definition) is 8. The van der Waals surface area contributed by atoms with Gasteiger partial charge in [-0.2, -0.15) is 0 Å². The molecule has 3 heterocycles. The molecule has 2 N–H and O–H groups in total. The molecule has 0 aliphatic carbocycles. The quantitative estimate of drug-likeness (QED) is 0.277. The molecule has 0 unspecified atom stereocenters. The second-order valence-electron chi connectivity index (χ2n) is 7.33. The van der Waals surface area contributed by atoms with Crippen molar-refractivity contribution in [1.82, 2.24) is 9.97 Å². The van der Waals surface area contributed by atoms with Crippen LogP contribution < -0.4 is 15.4 Å². The normalized spacial score (nSPS) is 16.7. The molecule has 162 valence electrons. The van der Waals surface area contributed by atoms with Gasteiger partial charge in [-0.05, 0) is 42.5 Å². The van der Waals surface area contributed by atoms with E-state index in [1.165, 1.54) is 22.7 Å². The molecule has 6 rings (SSSR count). The molecule has 1 aliphatic rings. The number of aromatic nitrogens is 2. The zero-order chi connectivity index (χ0) is 22.4. The minimum atomic E-state index is -0.728. The number of carbonyl (C=O) groups excluding carboxylic acids is 1. The summed E-state index contributed by atoms with van der Waals surface area (Å²) in [5.41, 5.74) is 2.61. The van der Waals surface area contributed by atoms with Gasteiger partial charge in [0.05, 0.1) is 31.6 Å². The summed E-state index contributed by atoms with van der Waals surface area (Å²) in [6.07, 6.45) is 0.920. The first-order valence-electron chi connectivity index (χ1n) is 10.1. The van der Waals surface area contributed by atoms with Gasteiger partial charge in [0.2, 0.25) is 6.23 Å². The third kappa shape index (κ3) is 3.82. The summed E-state index contributed by atoms with van der Waals surface area (Å²) in [6, 6.07) is 20.8. The summed E-state index contributed by atoms with van der Waals surface area (Å²) in [4.78, 5) is 22.6. The highest BCUT2D eigenvalue weighted by Gasteiger charge is 2.33. The molecular formula is C24H15ClN4O2S2. The zero-order valence-corrected chi connectivity index (χ0v) is 19.3. The van der Waals surface area contributed by atoms with Gasteiger partial charge in [-0.15, -0.1) is 0 Å². The van der Waals surface area contributed by atoms with Gasteiger partial charge in [0.15, 0.2) is 16.0 Å². The van der Waals surface area contributed by atoms with Crippen molar-refractivity contribution in [2.75, 3.05) is 10.6 Å². The van der Waals surface area contributed by atoms with Crippen LogP contribution in [-0.4, -0.2) is 22.0 Å². The van der Waals surface area contributed by atoms with E-state index in [1.807, 2.05) is 48.5 Å². The Morgan fingerprint density at radius 2 is 1.58 bits per heavy atom. The molecule has 1 aliphatic heterocycles. The standard InChI is InChI=1S/C24H15ClN4O2S2/c25-13-9-10-18-14(11-13)21(30)15(12-26-23-27-16-5-1-3-7-19(16)32-23)22(31-18)29-24-28-17-6-2-4-8-20(17)33-24/h1-12,22H,(H,26,27)(H,28,29)/b15-12-/t22-/m0/s1. The van der Waals surface area contributed by atoms with Crippen molar-refractivity contribution in [3.8, 4) is 5.75 Å². The van der Waals surface area contributed by atoms with Crippen LogP contribution in [0.25, 0.3) is 20.4 Å². The van der Waals surface area contributed by atoms with Gasteiger partial charge in [-0.3, -0.25) is 4.79 Å². The van der Waals surface area contributed by atoms with Crippen LogP contribution in [0.15, 0.2) is 78.5 Å². The Balaban J connectivity index is 1.37. The molecule has 0 bridgehead atoms. The highest BCUT2D eigenvalue weighted by atomic mass is 35.5.